The van der Waals surface area contributed by atoms with Gasteiger partial charge in [-0.3, -0.25) is 4.79 Å². The number of anilines is 1. The molecule has 1 aromatic carbocycles. The fourth-order valence-corrected chi connectivity index (χ4v) is 3.27. The molecule has 1 unspecified atom stereocenters. The van der Waals surface area contributed by atoms with Crippen molar-refractivity contribution < 1.29 is 28.2 Å². The zero-order valence-electron chi connectivity index (χ0n) is 14.4. The Morgan fingerprint density at radius 1 is 1.30 bits per heavy atom. The maximum Gasteiger partial charge on any atom is 0.337 e. The first-order valence-corrected chi connectivity index (χ1v) is 7.99. The van der Waals surface area contributed by atoms with Crippen LogP contribution in [0.3, 0.4) is 0 Å². The van der Waals surface area contributed by atoms with E-state index >= 15 is 0 Å². The molecular weight excluding hydrogens is 357 g/mol. The van der Waals surface area contributed by atoms with Crippen molar-refractivity contribution in [2.24, 2.45) is 0 Å². The van der Waals surface area contributed by atoms with E-state index in [1.165, 1.54) is 32.4 Å². The SMILES string of the molecule is COc1nc(C=O)c2c(n1)C(c1ccc(F)c(OC)c1)C1=C(COC1=O)N2. The van der Waals surface area contributed by atoms with E-state index in [-0.39, 0.29) is 24.1 Å². The molecule has 0 aliphatic carbocycles. The highest BCUT2D eigenvalue weighted by Gasteiger charge is 2.41. The van der Waals surface area contributed by atoms with Gasteiger partial charge in [-0.1, -0.05) is 6.07 Å². The number of carbonyl (C=O) groups is 2. The van der Waals surface area contributed by atoms with E-state index in [2.05, 4.69) is 15.3 Å². The van der Waals surface area contributed by atoms with Crippen LogP contribution >= 0.6 is 0 Å². The lowest BCUT2D eigenvalue weighted by Crippen LogP contribution is -2.23. The number of hydrogen-bond donors (Lipinski definition) is 1. The summed E-state index contributed by atoms with van der Waals surface area (Å²) in [6.07, 6.45) is 0.571. The third-order valence-corrected chi connectivity index (χ3v) is 4.48. The van der Waals surface area contributed by atoms with Gasteiger partial charge in [-0.05, 0) is 17.7 Å². The number of benzene rings is 1. The van der Waals surface area contributed by atoms with Crippen LogP contribution in [0.4, 0.5) is 10.1 Å². The average Bonchev–Trinajstić information content (AvgIpc) is 3.06. The quantitative estimate of drug-likeness (QED) is 0.642. The van der Waals surface area contributed by atoms with E-state index in [0.717, 1.165) is 0 Å². The summed E-state index contributed by atoms with van der Waals surface area (Å²) in [6.45, 7) is 0.0345. The predicted molar refractivity (Wildman–Crippen MR) is 90.4 cm³/mol. The number of hydrogen-bond acceptors (Lipinski definition) is 8. The van der Waals surface area contributed by atoms with E-state index in [9.17, 15) is 14.0 Å². The fourth-order valence-electron chi connectivity index (χ4n) is 3.27. The van der Waals surface area contributed by atoms with Crippen LogP contribution in [-0.2, 0) is 9.53 Å². The molecule has 27 heavy (non-hydrogen) atoms. The zero-order chi connectivity index (χ0) is 19.1. The van der Waals surface area contributed by atoms with Crippen molar-refractivity contribution in [3.63, 3.8) is 0 Å². The van der Waals surface area contributed by atoms with Crippen molar-refractivity contribution in [3.05, 3.63) is 52.2 Å². The third-order valence-electron chi connectivity index (χ3n) is 4.48. The molecular formula is C18H14FN3O5. The molecule has 4 rings (SSSR count). The van der Waals surface area contributed by atoms with Gasteiger partial charge in [0.1, 0.15) is 12.3 Å². The largest absolute Gasteiger partial charge is 0.494 e. The summed E-state index contributed by atoms with van der Waals surface area (Å²) in [6, 6.07) is 4.24. The summed E-state index contributed by atoms with van der Waals surface area (Å²) in [7, 11) is 2.72. The molecule has 3 heterocycles. The van der Waals surface area contributed by atoms with Crippen LogP contribution in [0.15, 0.2) is 29.5 Å². The summed E-state index contributed by atoms with van der Waals surface area (Å²) < 4.78 is 29.2. The minimum atomic E-state index is -0.698. The topological polar surface area (TPSA) is 99.6 Å². The molecule has 9 heteroatoms. The summed E-state index contributed by atoms with van der Waals surface area (Å²) in [5.41, 5.74) is 2.21. The van der Waals surface area contributed by atoms with Crippen molar-refractivity contribution in [1.82, 2.24) is 9.97 Å². The molecule has 138 valence electrons. The Morgan fingerprint density at radius 2 is 2.11 bits per heavy atom. The highest BCUT2D eigenvalue weighted by molar-refractivity contribution is 5.98. The minimum absolute atomic E-state index is 0.0212. The number of carbonyl (C=O) groups excluding carboxylic acids is 2. The third kappa shape index (κ3) is 2.59. The van der Waals surface area contributed by atoms with Gasteiger partial charge >= 0.3 is 12.0 Å². The first-order chi connectivity index (χ1) is 13.1. The lowest BCUT2D eigenvalue weighted by Gasteiger charge is -2.27. The first-order valence-electron chi connectivity index (χ1n) is 7.99. The van der Waals surface area contributed by atoms with Crippen LogP contribution in [0.5, 0.6) is 11.8 Å². The maximum atomic E-state index is 13.9. The van der Waals surface area contributed by atoms with Crippen LogP contribution < -0.4 is 14.8 Å². The van der Waals surface area contributed by atoms with Crippen molar-refractivity contribution in [1.29, 1.82) is 0 Å². The van der Waals surface area contributed by atoms with E-state index in [0.29, 0.717) is 34.5 Å². The normalized spacial score (nSPS) is 17.6. The van der Waals surface area contributed by atoms with Gasteiger partial charge in [0.15, 0.2) is 17.9 Å². The number of ether oxygens (including phenoxy) is 3. The molecule has 0 radical (unpaired) electrons. The van der Waals surface area contributed by atoms with E-state index in [1.807, 2.05) is 0 Å². The van der Waals surface area contributed by atoms with Gasteiger partial charge in [0.05, 0.1) is 42.8 Å². The number of aldehydes is 1. The fraction of sp³-hybridized carbons (Fsp3) is 0.222. The number of fused-ring (bicyclic) bond motifs is 1. The molecule has 0 spiro atoms. The Bertz CT molecular complexity index is 1000. The number of nitrogens with zero attached hydrogens (tertiary/aromatic N) is 2. The van der Waals surface area contributed by atoms with Crippen LogP contribution in [0.1, 0.15) is 27.7 Å². The molecule has 0 saturated heterocycles. The second-order valence-corrected chi connectivity index (χ2v) is 5.89. The molecule has 2 aliphatic heterocycles. The van der Waals surface area contributed by atoms with Crippen molar-refractivity contribution in [3.8, 4) is 11.8 Å². The second kappa shape index (κ2) is 6.35. The number of methoxy groups -OCH3 is 2. The Morgan fingerprint density at radius 3 is 2.81 bits per heavy atom. The highest BCUT2D eigenvalue weighted by Crippen LogP contribution is 2.45. The smallest absolute Gasteiger partial charge is 0.337 e. The Kier molecular flexibility index (Phi) is 3.98. The molecule has 1 N–H and O–H groups in total. The Hall–Kier alpha value is -3.49. The number of esters is 1. The van der Waals surface area contributed by atoms with Gasteiger partial charge in [0, 0.05) is 0 Å². The Balaban J connectivity index is 1.99. The van der Waals surface area contributed by atoms with E-state index < -0.39 is 17.7 Å². The number of aromatic nitrogens is 2. The maximum absolute atomic E-state index is 13.9. The van der Waals surface area contributed by atoms with Gasteiger partial charge in [-0.15, -0.1) is 0 Å². The number of cyclic esters (lactones) is 1. The molecule has 2 aromatic rings. The van der Waals surface area contributed by atoms with E-state index in [1.54, 1.807) is 0 Å². The predicted octanol–water partition coefficient (Wildman–Crippen LogP) is 1.81. The molecule has 0 bridgehead atoms. The van der Waals surface area contributed by atoms with E-state index in [4.69, 9.17) is 14.2 Å². The number of rotatable bonds is 4. The molecule has 2 aliphatic rings. The van der Waals surface area contributed by atoms with Crippen molar-refractivity contribution in [2.45, 2.75) is 5.92 Å². The molecule has 1 aromatic heterocycles. The second-order valence-electron chi connectivity index (χ2n) is 5.89. The number of halogens is 1. The van der Waals surface area contributed by atoms with Crippen molar-refractivity contribution >= 4 is 17.9 Å². The molecule has 0 amide bonds. The summed E-state index contributed by atoms with van der Waals surface area (Å²) in [5.74, 6) is -1.72. The van der Waals surface area contributed by atoms with Gasteiger partial charge in [0.2, 0.25) is 0 Å². The van der Waals surface area contributed by atoms with Gasteiger partial charge in [-0.2, -0.15) is 9.97 Å². The average molecular weight is 371 g/mol. The van der Waals surface area contributed by atoms with Crippen LogP contribution in [0, 0.1) is 5.82 Å². The van der Waals surface area contributed by atoms with Gasteiger partial charge in [0.25, 0.3) is 0 Å². The lowest BCUT2D eigenvalue weighted by atomic mass is 9.84. The summed E-state index contributed by atoms with van der Waals surface area (Å²) >= 11 is 0. The van der Waals surface area contributed by atoms with Crippen LogP contribution in [-0.4, -0.2) is 43.0 Å². The highest BCUT2D eigenvalue weighted by atomic mass is 19.1. The minimum Gasteiger partial charge on any atom is -0.494 e. The number of nitrogens with one attached hydrogen (secondary N) is 1. The lowest BCUT2D eigenvalue weighted by molar-refractivity contribution is -0.136. The molecule has 0 saturated carbocycles. The molecule has 8 nitrogen and oxygen atoms in total. The van der Waals surface area contributed by atoms with Gasteiger partial charge in [-0.25, -0.2) is 9.18 Å². The standard InChI is InChI=1S/C18H14FN3O5/c1-25-12-5-8(3-4-9(12)19)13-14-11(7-27-17(14)24)20-15-10(6-23)21-18(26-2)22-16(13)15/h3-6,13,20H,7H2,1-2H3. The summed E-state index contributed by atoms with van der Waals surface area (Å²) in [4.78, 5) is 32.3. The summed E-state index contributed by atoms with van der Waals surface area (Å²) in [5, 5.41) is 3.02. The first kappa shape index (κ1) is 17.0. The zero-order valence-corrected chi connectivity index (χ0v) is 14.4. The molecule has 0 fully saturated rings. The monoisotopic (exact) mass is 371 g/mol. The van der Waals surface area contributed by atoms with Crippen molar-refractivity contribution in [2.75, 3.05) is 26.1 Å². The Labute approximate surface area is 153 Å². The van der Waals surface area contributed by atoms with Gasteiger partial charge < -0.3 is 19.5 Å². The van der Waals surface area contributed by atoms with Crippen LogP contribution in [0.2, 0.25) is 0 Å². The molecule has 1 atom stereocenters. The van der Waals surface area contributed by atoms with Crippen LogP contribution in [0.25, 0.3) is 0 Å².